The molecule has 1 aromatic rings. The molecule has 0 saturated carbocycles. The minimum Gasteiger partial charge on any atom is -0.468 e. The molecule has 0 unspecified atom stereocenters. The predicted molar refractivity (Wildman–Crippen MR) is 52.1 cm³/mol. The summed E-state index contributed by atoms with van der Waals surface area (Å²) in [5, 5.41) is 0.312. The quantitative estimate of drug-likeness (QED) is 0.554. The topological polar surface area (TPSA) is 52.1 Å². The second-order valence-corrected chi connectivity index (χ2v) is 3.71. The summed E-state index contributed by atoms with van der Waals surface area (Å²) < 4.78 is 4.65. The van der Waals surface area contributed by atoms with Gasteiger partial charge in [0.05, 0.1) is 7.11 Å². The maximum atomic E-state index is 11.4. The fourth-order valence-corrected chi connectivity index (χ4v) is 1.12. The van der Waals surface area contributed by atoms with Gasteiger partial charge in [-0.3, -0.25) is 4.79 Å². The largest absolute Gasteiger partial charge is 0.468 e. The summed E-state index contributed by atoms with van der Waals surface area (Å²) in [6.45, 7) is 3.37. The van der Waals surface area contributed by atoms with E-state index in [0.717, 1.165) is 0 Å². The molecular weight excluding hydrogens is 204 g/mol. The van der Waals surface area contributed by atoms with Crippen LogP contribution in [0.3, 0.4) is 0 Å². The van der Waals surface area contributed by atoms with Gasteiger partial charge in [-0.05, 0) is 19.9 Å². The first-order chi connectivity index (χ1) is 6.48. The molecule has 0 amide bonds. The molecular formula is C9H11ClN2O2. The van der Waals surface area contributed by atoms with E-state index in [1.54, 1.807) is 19.9 Å². The van der Waals surface area contributed by atoms with Crippen molar-refractivity contribution in [3.63, 3.8) is 0 Å². The number of aromatic nitrogens is 2. The Morgan fingerprint density at radius 2 is 2.21 bits per heavy atom. The van der Waals surface area contributed by atoms with Gasteiger partial charge < -0.3 is 4.74 Å². The molecule has 0 aliphatic carbocycles. The van der Waals surface area contributed by atoms with Crippen LogP contribution in [0.25, 0.3) is 0 Å². The molecule has 0 aliphatic rings. The van der Waals surface area contributed by atoms with Crippen molar-refractivity contribution in [2.75, 3.05) is 7.11 Å². The fourth-order valence-electron chi connectivity index (χ4n) is 0.984. The first kappa shape index (κ1) is 10.9. The van der Waals surface area contributed by atoms with E-state index in [0.29, 0.717) is 11.0 Å². The van der Waals surface area contributed by atoms with Crippen molar-refractivity contribution in [1.82, 2.24) is 9.97 Å². The number of halogens is 1. The van der Waals surface area contributed by atoms with Crippen LogP contribution >= 0.6 is 11.6 Å². The summed E-state index contributed by atoms with van der Waals surface area (Å²) in [5.41, 5.74) is -0.875. The van der Waals surface area contributed by atoms with E-state index in [1.165, 1.54) is 13.3 Å². The molecule has 0 radical (unpaired) electrons. The molecule has 0 atom stereocenters. The van der Waals surface area contributed by atoms with Crippen LogP contribution in [0, 0.1) is 0 Å². The maximum absolute atomic E-state index is 11.4. The normalized spacial score (nSPS) is 11.1. The van der Waals surface area contributed by atoms with E-state index in [9.17, 15) is 4.79 Å². The van der Waals surface area contributed by atoms with Crippen molar-refractivity contribution in [2.45, 2.75) is 19.3 Å². The lowest BCUT2D eigenvalue weighted by Crippen LogP contribution is -2.32. The molecule has 1 aromatic heterocycles. The lowest BCUT2D eigenvalue weighted by atomic mass is 9.93. The zero-order chi connectivity index (χ0) is 10.8. The molecule has 14 heavy (non-hydrogen) atoms. The summed E-state index contributed by atoms with van der Waals surface area (Å²) in [5.74, 6) is -0.0309. The number of ether oxygens (including phenoxy) is 1. The molecule has 5 heteroatoms. The molecule has 0 N–H and O–H groups in total. The third-order valence-electron chi connectivity index (χ3n) is 1.88. The summed E-state index contributed by atoms with van der Waals surface area (Å²) >= 11 is 5.70. The first-order valence-electron chi connectivity index (χ1n) is 4.06. The SMILES string of the molecule is COC(=O)C(C)(C)c1nccc(Cl)n1. The lowest BCUT2D eigenvalue weighted by Gasteiger charge is -2.19. The van der Waals surface area contributed by atoms with Gasteiger partial charge >= 0.3 is 5.97 Å². The van der Waals surface area contributed by atoms with Gasteiger partial charge in [-0.2, -0.15) is 0 Å². The third-order valence-corrected chi connectivity index (χ3v) is 2.09. The molecule has 0 aliphatic heterocycles. The number of nitrogens with zero attached hydrogens (tertiary/aromatic N) is 2. The van der Waals surface area contributed by atoms with E-state index in [4.69, 9.17) is 11.6 Å². The average molecular weight is 215 g/mol. The third kappa shape index (κ3) is 2.01. The van der Waals surface area contributed by atoms with Crippen molar-refractivity contribution < 1.29 is 9.53 Å². The zero-order valence-electron chi connectivity index (χ0n) is 8.24. The van der Waals surface area contributed by atoms with E-state index in [2.05, 4.69) is 14.7 Å². The zero-order valence-corrected chi connectivity index (χ0v) is 9.00. The van der Waals surface area contributed by atoms with Gasteiger partial charge in [-0.1, -0.05) is 11.6 Å². The highest BCUT2D eigenvalue weighted by atomic mass is 35.5. The Kier molecular flexibility index (Phi) is 3.06. The van der Waals surface area contributed by atoms with Crippen LogP contribution in [0.2, 0.25) is 5.15 Å². The number of methoxy groups -OCH3 is 1. The number of rotatable bonds is 2. The minimum atomic E-state index is -0.875. The summed E-state index contributed by atoms with van der Waals surface area (Å²) in [4.78, 5) is 19.4. The minimum absolute atomic E-state index is 0.312. The molecule has 0 aromatic carbocycles. The maximum Gasteiger partial charge on any atom is 0.318 e. The predicted octanol–water partition coefficient (Wildman–Crippen LogP) is 1.58. The molecule has 0 spiro atoms. The summed E-state index contributed by atoms with van der Waals surface area (Å²) in [6, 6.07) is 1.55. The Morgan fingerprint density at radius 3 is 2.71 bits per heavy atom. The van der Waals surface area contributed by atoms with Crippen molar-refractivity contribution >= 4 is 17.6 Å². The Morgan fingerprint density at radius 1 is 1.57 bits per heavy atom. The van der Waals surface area contributed by atoms with Crippen molar-refractivity contribution in [2.24, 2.45) is 0 Å². The van der Waals surface area contributed by atoms with Crippen LogP contribution in [-0.4, -0.2) is 23.0 Å². The van der Waals surface area contributed by atoms with E-state index < -0.39 is 5.41 Å². The highest BCUT2D eigenvalue weighted by molar-refractivity contribution is 6.29. The fraction of sp³-hybridized carbons (Fsp3) is 0.444. The van der Waals surface area contributed by atoms with Crippen LogP contribution in [0.1, 0.15) is 19.7 Å². The van der Waals surface area contributed by atoms with Crippen LogP contribution in [-0.2, 0) is 14.9 Å². The monoisotopic (exact) mass is 214 g/mol. The van der Waals surface area contributed by atoms with Gasteiger partial charge in [0, 0.05) is 6.20 Å². The van der Waals surface area contributed by atoms with Crippen molar-refractivity contribution in [1.29, 1.82) is 0 Å². The van der Waals surface area contributed by atoms with Gasteiger partial charge in [0.2, 0.25) is 0 Å². The van der Waals surface area contributed by atoms with Gasteiger partial charge in [-0.15, -0.1) is 0 Å². The number of carbonyl (C=O) groups is 1. The second kappa shape index (κ2) is 3.92. The molecule has 0 saturated heterocycles. The number of esters is 1. The molecule has 4 nitrogen and oxygen atoms in total. The molecule has 1 heterocycles. The average Bonchev–Trinajstić information content (AvgIpc) is 2.16. The van der Waals surface area contributed by atoms with E-state index in [1.807, 2.05) is 0 Å². The molecule has 0 bridgehead atoms. The number of hydrogen-bond donors (Lipinski definition) is 0. The van der Waals surface area contributed by atoms with E-state index in [-0.39, 0.29) is 5.97 Å². The number of carbonyl (C=O) groups excluding carboxylic acids is 1. The van der Waals surface area contributed by atoms with Gasteiger partial charge in [-0.25, -0.2) is 9.97 Å². The van der Waals surface area contributed by atoms with Crippen molar-refractivity contribution in [3.05, 3.63) is 23.2 Å². The molecule has 0 fully saturated rings. The number of hydrogen-bond acceptors (Lipinski definition) is 4. The smallest absolute Gasteiger partial charge is 0.318 e. The summed E-state index contributed by atoms with van der Waals surface area (Å²) in [7, 11) is 1.33. The van der Waals surface area contributed by atoms with Gasteiger partial charge in [0.1, 0.15) is 16.4 Å². The second-order valence-electron chi connectivity index (χ2n) is 3.32. The van der Waals surface area contributed by atoms with Crippen LogP contribution in [0.4, 0.5) is 0 Å². The van der Waals surface area contributed by atoms with Crippen LogP contribution in [0.5, 0.6) is 0 Å². The van der Waals surface area contributed by atoms with Crippen LogP contribution < -0.4 is 0 Å². The van der Waals surface area contributed by atoms with Gasteiger partial charge in [0.15, 0.2) is 0 Å². The van der Waals surface area contributed by atoms with Gasteiger partial charge in [0.25, 0.3) is 0 Å². The Hall–Kier alpha value is -1.16. The Bertz CT molecular complexity index is 352. The molecule has 76 valence electrons. The van der Waals surface area contributed by atoms with E-state index >= 15 is 0 Å². The highest BCUT2D eigenvalue weighted by Gasteiger charge is 2.34. The first-order valence-corrected chi connectivity index (χ1v) is 4.43. The standard InChI is InChI=1S/C9H11ClN2O2/c1-9(2,8(13)14-3)7-11-5-4-6(10)12-7/h4-5H,1-3H3. The summed E-state index contributed by atoms with van der Waals surface area (Å²) in [6.07, 6.45) is 1.51. The highest BCUT2D eigenvalue weighted by Crippen LogP contribution is 2.21. The lowest BCUT2D eigenvalue weighted by molar-refractivity contribution is -0.146. The molecule has 1 rings (SSSR count). The van der Waals surface area contributed by atoms with Crippen molar-refractivity contribution in [3.8, 4) is 0 Å². The Balaban J connectivity index is 3.09. The van der Waals surface area contributed by atoms with Crippen LogP contribution in [0.15, 0.2) is 12.3 Å². The Labute approximate surface area is 87.3 Å².